The number of thioether (sulfide) groups is 1. The van der Waals surface area contributed by atoms with Gasteiger partial charge in [-0.2, -0.15) is 0 Å². The lowest BCUT2D eigenvalue weighted by atomic mass is 10.2. The molecule has 0 unspecified atom stereocenters. The molecule has 160 valence electrons. The summed E-state index contributed by atoms with van der Waals surface area (Å²) in [6.07, 6.45) is 3.21. The van der Waals surface area contributed by atoms with E-state index in [0.717, 1.165) is 16.7 Å². The molecule has 3 amide bonds. The Morgan fingerprint density at radius 3 is 2.70 bits per heavy atom. The quantitative estimate of drug-likeness (QED) is 0.423. The van der Waals surface area contributed by atoms with Crippen LogP contribution in [0.3, 0.4) is 0 Å². The van der Waals surface area contributed by atoms with E-state index in [1.54, 1.807) is 29.2 Å². The molecule has 0 atom stereocenters. The number of ether oxygens (including phenoxy) is 3. The summed E-state index contributed by atoms with van der Waals surface area (Å²) < 4.78 is 16.8. The first kappa shape index (κ1) is 22.4. The summed E-state index contributed by atoms with van der Waals surface area (Å²) in [5.41, 5.74) is 0.641. The SMILES string of the molecule is C=CCOc1cc(Br)c(/C=C2/SC(=O)N(CC(=O)N3CCOCC3)C2=O)cc1OC. The summed E-state index contributed by atoms with van der Waals surface area (Å²) in [5, 5.41) is -0.470. The number of methoxy groups -OCH3 is 1. The standard InChI is InChI=1S/C20H21BrN2O6S/c1-3-6-29-16-11-14(21)13(9-15(16)27-2)10-17-19(25)23(20(26)30-17)12-18(24)22-4-7-28-8-5-22/h3,9-11H,1,4-8,12H2,2H3/b17-10+. The molecule has 0 spiro atoms. The van der Waals surface area contributed by atoms with Crippen molar-refractivity contribution < 1.29 is 28.6 Å². The van der Waals surface area contributed by atoms with Gasteiger partial charge in [-0.1, -0.05) is 28.6 Å². The zero-order valence-electron chi connectivity index (χ0n) is 16.4. The molecule has 2 saturated heterocycles. The predicted molar refractivity (Wildman–Crippen MR) is 116 cm³/mol. The van der Waals surface area contributed by atoms with Gasteiger partial charge < -0.3 is 19.1 Å². The van der Waals surface area contributed by atoms with E-state index in [4.69, 9.17) is 14.2 Å². The summed E-state index contributed by atoms with van der Waals surface area (Å²) in [7, 11) is 1.51. The third kappa shape index (κ3) is 5.05. The van der Waals surface area contributed by atoms with Gasteiger partial charge in [0, 0.05) is 17.6 Å². The third-order valence-electron chi connectivity index (χ3n) is 4.46. The van der Waals surface area contributed by atoms with Gasteiger partial charge >= 0.3 is 0 Å². The van der Waals surface area contributed by atoms with Crippen LogP contribution in [0.2, 0.25) is 0 Å². The van der Waals surface area contributed by atoms with Crippen LogP contribution in [0.5, 0.6) is 11.5 Å². The highest BCUT2D eigenvalue weighted by atomic mass is 79.9. The Morgan fingerprint density at radius 2 is 2.03 bits per heavy atom. The number of morpholine rings is 1. The molecule has 0 bridgehead atoms. The molecule has 2 heterocycles. The van der Waals surface area contributed by atoms with E-state index in [-0.39, 0.29) is 17.4 Å². The summed E-state index contributed by atoms with van der Waals surface area (Å²) in [6, 6.07) is 3.43. The van der Waals surface area contributed by atoms with Gasteiger partial charge in [0.2, 0.25) is 5.91 Å². The molecular weight excluding hydrogens is 476 g/mol. The summed E-state index contributed by atoms with van der Waals surface area (Å²) >= 11 is 4.26. The first-order valence-corrected chi connectivity index (χ1v) is 10.8. The van der Waals surface area contributed by atoms with Crippen LogP contribution in [-0.4, -0.2) is 73.4 Å². The zero-order valence-corrected chi connectivity index (χ0v) is 18.8. The molecular formula is C20H21BrN2O6S. The minimum absolute atomic E-state index is 0.234. The number of carbonyl (C=O) groups excluding carboxylic acids is 3. The van der Waals surface area contributed by atoms with Crippen molar-refractivity contribution in [2.45, 2.75) is 0 Å². The molecule has 3 rings (SSSR count). The second-order valence-electron chi connectivity index (χ2n) is 6.39. The molecule has 1 aromatic rings. The largest absolute Gasteiger partial charge is 0.493 e. The molecule has 0 saturated carbocycles. The zero-order chi connectivity index (χ0) is 21.7. The highest BCUT2D eigenvalue weighted by Crippen LogP contribution is 2.38. The van der Waals surface area contributed by atoms with Gasteiger partial charge in [-0.3, -0.25) is 19.3 Å². The molecule has 2 aliphatic rings. The van der Waals surface area contributed by atoms with Crippen molar-refractivity contribution in [3.8, 4) is 11.5 Å². The number of hydrogen-bond donors (Lipinski definition) is 0. The molecule has 8 nitrogen and oxygen atoms in total. The maximum Gasteiger partial charge on any atom is 0.294 e. The van der Waals surface area contributed by atoms with Crippen molar-refractivity contribution in [3.05, 3.63) is 39.7 Å². The second kappa shape index (κ2) is 10.1. The van der Waals surface area contributed by atoms with Crippen molar-refractivity contribution >= 4 is 50.8 Å². The van der Waals surface area contributed by atoms with E-state index >= 15 is 0 Å². The molecule has 2 fully saturated rings. The van der Waals surface area contributed by atoms with Gasteiger partial charge in [-0.15, -0.1) is 0 Å². The minimum atomic E-state index is -0.496. The van der Waals surface area contributed by atoms with Crippen LogP contribution < -0.4 is 9.47 Å². The first-order chi connectivity index (χ1) is 14.4. The van der Waals surface area contributed by atoms with Crippen molar-refractivity contribution in [2.24, 2.45) is 0 Å². The van der Waals surface area contributed by atoms with E-state index in [0.29, 0.717) is 54.4 Å². The van der Waals surface area contributed by atoms with Crippen LogP contribution in [-0.2, 0) is 14.3 Å². The lowest BCUT2D eigenvalue weighted by Crippen LogP contribution is -2.46. The van der Waals surface area contributed by atoms with Crippen LogP contribution in [0.25, 0.3) is 6.08 Å². The van der Waals surface area contributed by atoms with Crippen molar-refractivity contribution in [1.82, 2.24) is 9.80 Å². The topological polar surface area (TPSA) is 85.4 Å². The van der Waals surface area contributed by atoms with Gasteiger partial charge in [0.15, 0.2) is 11.5 Å². The van der Waals surface area contributed by atoms with Crippen LogP contribution in [0.1, 0.15) is 5.56 Å². The molecule has 0 N–H and O–H groups in total. The lowest BCUT2D eigenvalue weighted by Gasteiger charge is -2.28. The fourth-order valence-electron chi connectivity index (χ4n) is 2.91. The van der Waals surface area contributed by atoms with E-state index in [1.165, 1.54) is 7.11 Å². The van der Waals surface area contributed by atoms with E-state index in [1.807, 2.05) is 0 Å². The Bertz CT molecular complexity index is 898. The average molecular weight is 497 g/mol. The number of hydrogen-bond acceptors (Lipinski definition) is 7. The molecule has 10 heteroatoms. The Balaban J connectivity index is 1.77. The van der Waals surface area contributed by atoms with Gasteiger partial charge in [0.05, 0.1) is 25.2 Å². The Morgan fingerprint density at radius 1 is 1.30 bits per heavy atom. The Labute approximate surface area is 186 Å². The average Bonchev–Trinajstić information content (AvgIpc) is 3.01. The molecule has 0 radical (unpaired) electrons. The maximum absolute atomic E-state index is 12.8. The minimum Gasteiger partial charge on any atom is -0.493 e. The predicted octanol–water partition coefficient (Wildman–Crippen LogP) is 2.92. The number of carbonyl (C=O) groups is 3. The van der Waals surface area contributed by atoms with Crippen LogP contribution in [0.4, 0.5) is 4.79 Å². The molecule has 0 aromatic heterocycles. The van der Waals surface area contributed by atoms with Gasteiger partial charge in [0.1, 0.15) is 13.2 Å². The maximum atomic E-state index is 12.8. The number of imide groups is 1. The van der Waals surface area contributed by atoms with Crippen molar-refractivity contribution in [3.63, 3.8) is 0 Å². The molecule has 30 heavy (non-hydrogen) atoms. The fraction of sp³-hybridized carbons (Fsp3) is 0.350. The summed E-state index contributed by atoms with van der Waals surface area (Å²) in [6.45, 7) is 5.48. The highest BCUT2D eigenvalue weighted by Gasteiger charge is 2.37. The number of rotatable bonds is 7. The van der Waals surface area contributed by atoms with Crippen molar-refractivity contribution in [2.75, 3.05) is 46.6 Å². The number of benzene rings is 1. The lowest BCUT2D eigenvalue weighted by molar-refractivity contribution is -0.139. The van der Waals surface area contributed by atoms with Gasteiger partial charge in [-0.05, 0) is 35.5 Å². The molecule has 1 aromatic carbocycles. The monoisotopic (exact) mass is 496 g/mol. The highest BCUT2D eigenvalue weighted by molar-refractivity contribution is 9.10. The third-order valence-corrected chi connectivity index (χ3v) is 6.05. The first-order valence-electron chi connectivity index (χ1n) is 9.16. The van der Waals surface area contributed by atoms with E-state index in [2.05, 4.69) is 22.5 Å². The van der Waals surface area contributed by atoms with Crippen LogP contribution in [0.15, 0.2) is 34.2 Å². The molecule has 0 aliphatic carbocycles. The fourth-order valence-corrected chi connectivity index (χ4v) is 4.17. The van der Waals surface area contributed by atoms with Crippen molar-refractivity contribution in [1.29, 1.82) is 0 Å². The smallest absolute Gasteiger partial charge is 0.294 e. The molecule has 2 aliphatic heterocycles. The van der Waals surface area contributed by atoms with E-state index < -0.39 is 11.1 Å². The van der Waals surface area contributed by atoms with Crippen LogP contribution >= 0.6 is 27.7 Å². The Hall–Kier alpha value is -2.30. The number of nitrogens with zero attached hydrogens (tertiary/aromatic N) is 2. The summed E-state index contributed by atoms with van der Waals surface area (Å²) in [5.74, 6) is 0.233. The summed E-state index contributed by atoms with van der Waals surface area (Å²) in [4.78, 5) is 40.3. The number of halogens is 1. The van der Waals surface area contributed by atoms with Gasteiger partial charge in [-0.25, -0.2) is 0 Å². The normalized spacial score (nSPS) is 18.1. The van der Waals surface area contributed by atoms with Gasteiger partial charge in [0.25, 0.3) is 11.1 Å². The second-order valence-corrected chi connectivity index (χ2v) is 8.23. The number of amides is 3. The Kier molecular flexibility index (Phi) is 7.57. The van der Waals surface area contributed by atoms with E-state index in [9.17, 15) is 14.4 Å². The van der Waals surface area contributed by atoms with Crippen LogP contribution in [0, 0.1) is 0 Å².